The minimum absolute atomic E-state index is 0.00844. The highest BCUT2D eigenvalue weighted by Crippen LogP contribution is 2.35. The highest BCUT2D eigenvalue weighted by atomic mass is 127. The van der Waals surface area contributed by atoms with Crippen molar-refractivity contribution in [2.24, 2.45) is 10.9 Å². The molecule has 2 atom stereocenters. The lowest BCUT2D eigenvalue weighted by molar-refractivity contribution is 0.0776. The Morgan fingerprint density at radius 2 is 1.73 bits per heavy atom. The molecular weight excluding hydrogens is 421 g/mol. The molecule has 0 aromatic carbocycles. The molecule has 0 amide bonds. The Kier molecular flexibility index (Phi) is 7.20. The third-order valence-electron chi connectivity index (χ3n) is 3.20. The molecule has 2 aliphatic rings. The lowest BCUT2D eigenvalue weighted by Crippen LogP contribution is -2.28. The van der Waals surface area contributed by atoms with E-state index in [1.807, 2.05) is 12.2 Å². The Labute approximate surface area is 149 Å². The Morgan fingerprint density at radius 3 is 2.36 bits per heavy atom. The van der Waals surface area contributed by atoms with Crippen molar-refractivity contribution >= 4 is 39.9 Å². The fraction of sp³-hybridized carbons (Fsp3) is 0.533. The minimum Gasteiger partial charge on any atom is -0.488 e. The Bertz CT molecular complexity index is 516. The Morgan fingerprint density at radius 1 is 1.09 bits per heavy atom. The van der Waals surface area contributed by atoms with Crippen molar-refractivity contribution in [2.45, 2.75) is 5.38 Å². The largest absolute Gasteiger partial charge is 0.488 e. The number of fused-ring (bicyclic) bond motifs is 1. The molecule has 7 heteroatoms. The zero-order chi connectivity index (χ0) is 15.9. The molecule has 122 valence electrons. The lowest BCUT2D eigenvalue weighted by atomic mass is 9.91. The van der Waals surface area contributed by atoms with Gasteiger partial charge in [0.05, 0.1) is 24.3 Å². The molecule has 0 saturated carbocycles. The molecule has 2 rings (SSSR count). The van der Waals surface area contributed by atoms with Crippen molar-refractivity contribution < 1.29 is 18.9 Å². The molecule has 0 saturated heterocycles. The van der Waals surface area contributed by atoms with Crippen LogP contribution in [0.3, 0.4) is 0 Å². The number of nitrogens with zero attached hydrogens (tertiary/aromatic N) is 1. The molecule has 5 nitrogen and oxygen atoms in total. The summed E-state index contributed by atoms with van der Waals surface area (Å²) in [5, 5.41) is -0.133. The number of ether oxygens (including phenoxy) is 4. The number of aliphatic imine (C=N–C) groups is 1. The van der Waals surface area contributed by atoms with Crippen molar-refractivity contribution in [3.8, 4) is 0 Å². The maximum absolute atomic E-state index is 6.47. The van der Waals surface area contributed by atoms with Crippen molar-refractivity contribution in [1.29, 1.82) is 0 Å². The predicted molar refractivity (Wildman–Crippen MR) is 94.5 cm³/mol. The third kappa shape index (κ3) is 4.47. The van der Waals surface area contributed by atoms with E-state index in [9.17, 15) is 0 Å². The predicted octanol–water partition coefficient (Wildman–Crippen LogP) is 3.05. The zero-order valence-electron chi connectivity index (χ0n) is 12.6. The SMILES string of the molecule is COCCOC1=CC2=NC=C(I)C(Cl)C2C=C1OCCOC. The van der Waals surface area contributed by atoms with Gasteiger partial charge in [-0.25, -0.2) is 0 Å². The van der Waals surface area contributed by atoms with Gasteiger partial charge in [0.25, 0.3) is 0 Å². The molecule has 1 aliphatic heterocycles. The van der Waals surface area contributed by atoms with Crippen molar-refractivity contribution in [1.82, 2.24) is 0 Å². The van der Waals surface area contributed by atoms with E-state index < -0.39 is 0 Å². The number of allylic oxidation sites excluding steroid dienone is 3. The van der Waals surface area contributed by atoms with E-state index in [1.165, 1.54) is 0 Å². The summed E-state index contributed by atoms with van der Waals surface area (Å²) in [6.07, 6.45) is 5.65. The Hall–Kier alpha value is -0.570. The molecule has 1 aliphatic carbocycles. The summed E-state index contributed by atoms with van der Waals surface area (Å²) in [6.45, 7) is 1.92. The highest BCUT2D eigenvalue weighted by Gasteiger charge is 2.32. The van der Waals surface area contributed by atoms with Crippen LogP contribution >= 0.6 is 34.2 Å². The first-order valence-electron chi connectivity index (χ1n) is 6.92. The van der Waals surface area contributed by atoms with Crippen LogP contribution in [0, 0.1) is 5.92 Å². The number of hydrogen-bond donors (Lipinski definition) is 0. The number of alkyl halides is 1. The van der Waals surface area contributed by atoms with E-state index in [2.05, 4.69) is 27.6 Å². The second-order valence-corrected chi connectivity index (χ2v) is 6.43. The molecule has 22 heavy (non-hydrogen) atoms. The number of hydrogen-bond acceptors (Lipinski definition) is 5. The normalized spacial score (nSPS) is 23.8. The van der Waals surface area contributed by atoms with E-state index in [0.29, 0.717) is 37.9 Å². The molecule has 0 fully saturated rings. The third-order valence-corrected chi connectivity index (χ3v) is 5.02. The van der Waals surface area contributed by atoms with Gasteiger partial charge in [0.15, 0.2) is 11.5 Å². The van der Waals surface area contributed by atoms with Crippen LogP contribution in [0.5, 0.6) is 0 Å². The number of methoxy groups -OCH3 is 2. The molecular formula is C15H19ClINO4. The topological polar surface area (TPSA) is 49.3 Å². The summed E-state index contributed by atoms with van der Waals surface area (Å²) in [7, 11) is 3.27. The molecule has 2 unspecified atom stereocenters. The van der Waals surface area contributed by atoms with Crippen molar-refractivity contribution in [3.05, 3.63) is 33.5 Å². The van der Waals surface area contributed by atoms with Crippen LogP contribution in [0.1, 0.15) is 0 Å². The average molecular weight is 440 g/mol. The molecule has 0 aromatic heterocycles. The van der Waals surface area contributed by atoms with Crippen LogP contribution in [0.2, 0.25) is 0 Å². The maximum Gasteiger partial charge on any atom is 0.162 e. The molecule has 0 radical (unpaired) electrons. The van der Waals surface area contributed by atoms with Crippen molar-refractivity contribution in [2.75, 3.05) is 40.6 Å². The quantitative estimate of drug-likeness (QED) is 0.331. The van der Waals surface area contributed by atoms with Crippen LogP contribution in [0.15, 0.2) is 38.4 Å². The summed E-state index contributed by atoms with van der Waals surface area (Å²) in [5.41, 5.74) is 0.881. The van der Waals surface area contributed by atoms with Gasteiger partial charge >= 0.3 is 0 Å². The highest BCUT2D eigenvalue weighted by molar-refractivity contribution is 14.1. The first-order valence-corrected chi connectivity index (χ1v) is 8.43. The fourth-order valence-electron chi connectivity index (χ4n) is 2.07. The summed E-state index contributed by atoms with van der Waals surface area (Å²) in [5.74, 6) is 1.32. The van der Waals surface area contributed by atoms with Gasteiger partial charge in [-0.3, -0.25) is 4.99 Å². The van der Waals surface area contributed by atoms with Gasteiger partial charge in [-0.05, 0) is 28.7 Å². The second kappa shape index (κ2) is 8.90. The smallest absolute Gasteiger partial charge is 0.162 e. The van der Waals surface area contributed by atoms with Gasteiger partial charge in [0.2, 0.25) is 0 Å². The molecule has 0 bridgehead atoms. The van der Waals surface area contributed by atoms with E-state index in [-0.39, 0.29) is 11.3 Å². The average Bonchev–Trinajstić information content (AvgIpc) is 2.52. The van der Waals surface area contributed by atoms with Crippen LogP contribution in [-0.2, 0) is 18.9 Å². The number of halogens is 2. The van der Waals surface area contributed by atoms with E-state index in [4.69, 9.17) is 30.5 Å². The van der Waals surface area contributed by atoms with E-state index >= 15 is 0 Å². The lowest BCUT2D eigenvalue weighted by Gasteiger charge is -2.28. The van der Waals surface area contributed by atoms with Crippen LogP contribution in [0.4, 0.5) is 0 Å². The fourth-order valence-corrected chi connectivity index (χ4v) is 2.86. The summed E-state index contributed by atoms with van der Waals surface area (Å²) in [4.78, 5) is 4.44. The van der Waals surface area contributed by atoms with Gasteiger partial charge < -0.3 is 18.9 Å². The summed E-state index contributed by atoms with van der Waals surface area (Å²) < 4.78 is 22.5. The monoisotopic (exact) mass is 439 g/mol. The first-order chi connectivity index (χ1) is 10.7. The minimum atomic E-state index is -0.133. The maximum atomic E-state index is 6.47. The van der Waals surface area contributed by atoms with Crippen LogP contribution < -0.4 is 0 Å². The van der Waals surface area contributed by atoms with Crippen LogP contribution in [-0.4, -0.2) is 51.7 Å². The number of rotatable bonds is 8. The van der Waals surface area contributed by atoms with Gasteiger partial charge in [-0.1, -0.05) is 0 Å². The Balaban J connectivity index is 2.16. The standard InChI is InChI=1S/C15H19ClINO4/c1-19-3-5-21-13-7-10-12(18-9-11(17)15(10)16)8-14(13)22-6-4-20-2/h7-10,15H,3-6H2,1-2H3. The zero-order valence-corrected chi connectivity index (χ0v) is 15.5. The van der Waals surface area contributed by atoms with Crippen LogP contribution in [0.25, 0.3) is 0 Å². The molecule has 0 spiro atoms. The summed E-state index contributed by atoms with van der Waals surface area (Å²) >= 11 is 8.68. The van der Waals surface area contributed by atoms with Gasteiger partial charge in [0.1, 0.15) is 13.2 Å². The van der Waals surface area contributed by atoms with Gasteiger partial charge in [0, 0.05) is 36.0 Å². The molecule has 0 aromatic rings. The van der Waals surface area contributed by atoms with Gasteiger partial charge in [-0.2, -0.15) is 0 Å². The first kappa shape index (κ1) is 17.8. The summed E-state index contributed by atoms with van der Waals surface area (Å²) in [6, 6.07) is 0. The van der Waals surface area contributed by atoms with Gasteiger partial charge in [-0.15, -0.1) is 11.6 Å². The molecule has 0 N–H and O–H groups in total. The van der Waals surface area contributed by atoms with E-state index in [1.54, 1.807) is 20.4 Å². The van der Waals surface area contributed by atoms with Crippen molar-refractivity contribution in [3.63, 3.8) is 0 Å². The molecule has 1 heterocycles. The van der Waals surface area contributed by atoms with E-state index in [0.717, 1.165) is 9.29 Å². The second-order valence-electron chi connectivity index (χ2n) is 4.72.